The van der Waals surface area contributed by atoms with Crippen LogP contribution in [0, 0.1) is 0 Å². The lowest BCUT2D eigenvalue weighted by molar-refractivity contribution is 0.0690. The van der Waals surface area contributed by atoms with Crippen LogP contribution in [-0.2, 0) is 0 Å². The molecule has 16 heavy (non-hydrogen) atoms. The van der Waals surface area contributed by atoms with Crippen molar-refractivity contribution in [2.24, 2.45) is 0 Å². The Morgan fingerprint density at radius 3 is 2.62 bits per heavy atom. The molecule has 1 saturated heterocycles. The molecule has 1 atom stereocenters. The van der Waals surface area contributed by atoms with Gasteiger partial charge < -0.3 is 10.1 Å². The molecule has 0 spiro atoms. The van der Waals surface area contributed by atoms with Crippen LogP contribution in [0.25, 0.3) is 0 Å². The number of carbonyl (C=O) groups is 1. The molecule has 2 N–H and O–H groups in total. The summed E-state index contributed by atoms with van der Waals surface area (Å²) in [5.74, 6) is -0.892. The van der Waals surface area contributed by atoms with Crippen LogP contribution in [0.15, 0.2) is 12.1 Å². The third-order valence-corrected chi connectivity index (χ3v) is 3.33. The van der Waals surface area contributed by atoms with E-state index >= 15 is 0 Å². The van der Waals surface area contributed by atoms with Crippen molar-refractivity contribution in [3.63, 3.8) is 0 Å². The Labute approximate surface area is 95.3 Å². The van der Waals surface area contributed by atoms with Gasteiger partial charge in [-0.1, -0.05) is 6.42 Å². The summed E-state index contributed by atoms with van der Waals surface area (Å²) in [5.41, 5.74) is 1.28. The summed E-state index contributed by atoms with van der Waals surface area (Å²) in [6.07, 6.45) is 3.81. The van der Waals surface area contributed by atoms with E-state index in [1.54, 1.807) is 6.07 Å². The van der Waals surface area contributed by atoms with E-state index in [0.717, 1.165) is 18.8 Å². The molecule has 1 fully saturated rings. The van der Waals surface area contributed by atoms with Gasteiger partial charge in [-0.25, -0.2) is 4.79 Å². The maximum atomic E-state index is 10.8. The minimum absolute atomic E-state index is 0.277. The van der Waals surface area contributed by atoms with Gasteiger partial charge in [-0.15, -0.1) is 0 Å². The van der Waals surface area contributed by atoms with Crippen LogP contribution in [0.1, 0.15) is 48.4 Å². The standard InChI is InChI=1S/C12H18N2O2/c1-9(14-7-3-2-4-8-14)10-5-6-11(13-10)12(15)16/h5-6,9,13H,2-4,7-8H2,1H3,(H,15,16). The van der Waals surface area contributed by atoms with Gasteiger partial charge in [-0.2, -0.15) is 0 Å². The van der Waals surface area contributed by atoms with Crippen molar-refractivity contribution >= 4 is 5.97 Å². The van der Waals surface area contributed by atoms with Gasteiger partial charge in [0.25, 0.3) is 0 Å². The Hall–Kier alpha value is -1.29. The van der Waals surface area contributed by atoms with Gasteiger partial charge in [0, 0.05) is 11.7 Å². The largest absolute Gasteiger partial charge is 0.477 e. The molecule has 0 radical (unpaired) electrons. The Morgan fingerprint density at radius 2 is 2.06 bits per heavy atom. The van der Waals surface area contributed by atoms with Crippen LogP contribution >= 0.6 is 0 Å². The third-order valence-electron chi connectivity index (χ3n) is 3.33. The number of likely N-dealkylation sites (tertiary alicyclic amines) is 1. The number of carboxylic acids is 1. The van der Waals surface area contributed by atoms with Crippen LogP contribution in [0.3, 0.4) is 0 Å². The molecule has 0 aromatic carbocycles. The van der Waals surface area contributed by atoms with E-state index < -0.39 is 5.97 Å². The van der Waals surface area contributed by atoms with Gasteiger partial charge in [-0.3, -0.25) is 4.90 Å². The number of piperidine rings is 1. The molecule has 88 valence electrons. The predicted octanol–water partition coefficient (Wildman–Crippen LogP) is 2.26. The van der Waals surface area contributed by atoms with Crippen LogP contribution in [0.4, 0.5) is 0 Å². The first kappa shape index (κ1) is 11.2. The highest BCUT2D eigenvalue weighted by molar-refractivity contribution is 5.85. The number of carboxylic acid groups (broad SMARTS) is 1. The van der Waals surface area contributed by atoms with Gasteiger partial charge in [0.1, 0.15) is 5.69 Å². The van der Waals surface area contributed by atoms with E-state index in [9.17, 15) is 4.79 Å². The zero-order chi connectivity index (χ0) is 11.5. The average Bonchev–Trinajstić information content (AvgIpc) is 2.78. The number of aromatic amines is 1. The highest BCUT2D eigenvalue weighted by Crippen LogP contribution is 2.23. The van der Waals surface area contributed by atoms with Gasteiger partial charge >= 0.3 is 5.97 Å². The van der Waals surface area contributed by atoms with E-state index in [-0.39, 0.29) is 11.7 Å². The predicted molar refractivity (Wildman–Crippen MR) is 61.6 cm³/mol. The van der Waals surface area contributed by atoms with Crippen molar-refractivity contribution in [1.82, 2.24) is 9.88 Å². The van der Waals surface area contributed by atoms with E-state index in [1.165, 1.54) is 19.3 Å². The van der Waals surface area contributed by atoms with Crippen molar-refractivity contribution in [3.8, 4) is 0 Å². The lowest BCUT2D eigenvalue weighted by Crippen LogP contribution is -2.32. The second-order valence-corrected chi connectivity index (χ2v) is 4.41. The van der Waals surface area contributed by atoms with Crippen molar-refractivity contribution in [2.45, 2.75) is 32.2 Å². The summed E-state index contributed by atoms with van der Waals surface area (Å²) < 4.78 is 0. The molecular weight excluding hydrogens is 204 g/mol. The summed E-state index contributed by atoms with van der Waals surface area (Å²) >= 11 is 0. The normalized spacial score (nSPS) is 19.6. The van der Waals surface area contributed by atoms with E-state index in [0.29, 0.717) is 0 Å². The highest BCUT2D eigenvalue weighted by atomic mass is 16.4. The fourth-order valence-electron chi connectivity index (χ4n) is 2.28. The molecule has 1 aliphatic rings. The van der Waals surface area contributed by atoms with E-state index in [2.05, 4.69) is 16.8 Å². The Morgan fingerprint density at radius 1 is 1.38 bits per heavy atom. The number of rotatable bonds is 3. The van der Waals surface area contributed by atoms with Gasteiger partial charge in [0.2, 0.25) is 0 Å². The molecule has 0 amide bonds. The van der Waals surface area contributed by atoms with Crippen LogP contribution in [0.5, 0.6) is 0 Å². The van der Waals surface area contributed by atoms with E-state index in [4.69, 9.17) is 5.11 Å². The number of nitrogens with one attached hydrogen (secondary N) is 1. The zero-order valence-electron chi connectivity index (χ0n) is 9.57. The van der Waals surface area contributed by atoms with Crippen LogP contribution in [0.2, 0.25) is 0 Å². The number of H-pyrrole nitrogens is 1. The molecule has 1 unspecified atom stereocenters. The minimum atomic E-state index is -0.892. The molecule has 1 aromatic rings. The van der Waals surface area contributed by atoms with Crippen molar-refractivity contribution < 1.29 is 9.90 Å². The molecule has 0 aliphatic carbocycles. The number of aromatic carboxylic acids is 1. The molecule has 2 rings (SSSR count). The second kappa shape index (κ2) is 4.70. The maximum Gasteiger partial charge on any atom is 0.352 e. The molecule has 1 aromatic heterocycles. The second-order valence-electron chi connectivity index (χ2n) is 4.41. The summed E-state index contributed by atoms with van der Waals surface area (Å²) in [4.78, 5) is 16.1. The molecule has 0 saturated carbocycles. The third kappa shape index (κ3) is 2.27. The van der Waals surface area contributed by atoms with Gasteiger partial charge in [0.15, 0.2) is 0 Å². The SMILES string of the molecule is CC(c1ccc(C(=O)O)[nH]1)N1CCCCC1. The average molecular weight is 222 g/mol. The fourth-order valence-corrected chi connectivity index (χ4v) is 2.28. The smallest absolute Gasteiger partial charge is 0.352 e. The first-order valence-corrected chi connectivity index (χ1v) is 5.85. The van der Waals surface area contributed by atoms with Gasteiger partial charge in [0.05, 0.1) is 0 Å². The summed E-state index contributed by atoms with van der Waals surface area (Å²) in [6, 6.07) is 3.80. The first-order chi connectivity index (χ1) is 7.68. The molecule has 4 heteroatoms. The lowest BCUT2D eigenvalue weighted by atomic mass is 10.1. The highest BCUT2D eigenvalue weighted by Gasteiger charge is 2.19. The Bertz CT molecular complexity index is 367. The number of nitrogens with zero attached hydrogens (tertiary/aromatic N) is 1. The molecule has 2 heterocycles. The topological polar surface area (TPSA) is 56.3 Å². The number of hydrogen-bond acceptors (Lipinski definition) is 2. The van der Waals surface area contributed by atoms with Crippen molar-refractivity contribution in [1.29, 1.82) is 0 Å². The summed E-state index contributed by atoms with van der Waals surface area (Å²) in [7, 11) is 0. The number of hydrogen-bond donors (Lipinski definition) is 2. The molecular formula is C12H18N2O2. The monoisotopic (exact) mass is 222 g/mol. The maximum absolute atomic E-state index is 10.8. The minimum Gasteiger partial charge on any atom is -0.477 e. The quantitative estimate of drug-likeness (QED) is 0.824. The van der Waals surface area contributed by atoms with E-state index in [1.807, 2.05) is 6.07 Å². The lowest BCUT2D eigenvalue weighted by Gasteiger charge is -2.31. The number of aromatic nitrogens is 1. The van der Waals surface area contributed by atoms with Gasteiger partial charge in [-0.05, 0) is 45.0 Å². The van der Waals surface area contributed by atoms with Crippen molar-refractivity contribution in [3.05, 3.63) is 23.5 Å². The molecule has 4 nitrogen and oxygen atoms in total. The van der Waals surface area contributed by atoms with Crippen molar-refractivity contribution in [2.75, 3.05) is 13.1 Å². The summed E-state index contributed by atoms with van der Waals surface area (Å²) in [5, 5.41) is 8.85. The Balaban J connectivity index is 2.07. The molecule has 0 bridgehead atoms. The zero-order valence-corrected chi connectivity index (χ0v) is 9.57. The summed E-state index contributed by atoms with van der Waals surface area (Å²) in [6.45, 7) is 4.36. The van der Waals surface area contributed by atoms with Crippen LogP contribution in [-0.4, -0.2) is 34.0 Å². The Kier molecular flexibility index (Phi) is 3.29. The first-order valence-electron chi connectivity index (χ1n) is 5.85. The van der Waals surface area contributed by atoms with Crippen LogP contribution < -0.4 is 0 Å². The molecule has 1 aliphatic heterocycles. The fraction of sp³-hybridized carbons (Fsp3) is 0.583.